The third-order valence-electron chi connectivity index (χ3n) is 2.90. The zero-order chi connectivity index (χ0) is 17.2. The number of benzene rings is 2. The Balaban J connectivity index is 2.51. The fourth-order valence-electron chi connectivity index (χ4n) is 1.87. The molecule has 2 aromatic carbocycles. The number of anilines is 1. The van der Waals surface area contributed by atoms with Crippen molar-refractivity contribution < 1.29 is 27.4 Å². The number of halogens is 2. The number of methoxy groups -OCH3 is 1. The van der Waals surface area contributed by atoms with Gasteiger partial charge >= 0.3 is 5.97 Å². The van der Waals surface area contributed by atoms with Crippen molar-refractivity contribution in [1.82, 2.24) is 0 Å². The molecule has 122 valence electrons. The quantitative estimate of drug-likeness (QED) is 0.799. The SMILES string of the molecule is COc1c(Br)ccc(NS(=O)(=O)c2ccc(F)cc2)c1C(=O)O. The van der Waals surface area contributed by atoms with Gasteiger partial charge < -0.3 is 9.84 Å². The lowest BCUT2D eigenvalue weighted by atomic mass is 10.1. The third-order valence-corrected chi connectivity index (χ3v) is 4.90. The molecule has 0 aliphatic carbocycles. The minimum absolute atomic E-state index is 0.0168. The van der Waals surface area contributed by atoms with Gasteiger partial charge in [-0.15, -0.1) is 0 Å². The highest BCUT2D eigenvalue weighted by molar-refractivity contribution is 9.10. The first kappa shape index (κ1) is 17.2. The van der Waals surface area contributed by atoms with Crippen LogP contribution < -0.4 is 9.46 Å². The first-order valence-electron chi connectivity index (χ1n) is 6.14. The maximum atomic E-state index is 12.9. The van der Waals surface area contributed by atoms with Gasteiger partial charge in [0.05, 0.1) is 22.2 Å². The summed E-state index contributed by atoms with van der Waals surface area (Å²) in [4.78, 5) is 11.2. The number of ether oxygens (including phenoxy) is 1. The summed E-state index contributed by atoms with van der Waals surface area (Å²) in [5.74, 6) is -1.96. The van der Waals surface area contributed by atoms with Crippen molar-refractivity contribution in [3.05, 3.63) is 52.3 Å². The zero-order valence-electron chi connectivity index (χ0n) is 11.7. The molecule has 2 N–H and O–H groups in total. The first-order chi connectivity index (χ1) is 10.8. The van der Waals surface area contributed by atoms with E-state index in [1.165, 1.54) is 19.2 Å². The Morgan fingerprint density at radius 3 is 2.35 bits per heavy atom. The number of rotatable bonds is 5. The Bertz CT molecular complexity index is 852. The van der Waals surface area contributed by atoms with Crippen LogP contribution in [0.25, 0.3) is 0 Å². The summed E-state index contributed by atoms with van der Waals surface area (Å²) in [6.45, 7) is 0. The van der Waals surface area contributed by atoms with Crippen molar-refractivity contribution in [2.24, 2.45) is 0 Å². The molecule has 2 rings (SSSR count). The van der Waals surface area contributed by atoms with Crippen LogP contribution in [-0.4, -0.2) is 26.6 Å². The van der Waals surface area contributed by atoms with E-state index in [2.05, 4.69) is 20.7 Å². The van der Waals surface area contributed by atoms with Gasteiger partial charge in [-0.25, -0.2) is 17.6 Å². The number of aromatic carboxylic acids is 1. The summed E-state index contributed by atoms with van der Waals surface area (Å²) in [5.41, 5.74) is -0.505. The Labute approximate surface area is 140 Å². The van der Waals surface area contributed by atoms with Gasteiger partial charge in [-0.2, -0.15) is 0 Å². The van der Waals surface area contributed by atoms with Gasteiger partial charge in [0.1, 0.15) is 17.1 Å². The van der Waals surface area contributed by atoms with Crippen LogP contribution in [0.1, 0.15) is 10.4 Å². The largest absolute Gasteiger partial charge is 0.495 e. The predicted molar refractivity (Wildman–Crippen MR) is 84.9 cm³/mol. The minimum atomic E-state index is -4.07. The smallest absolute Gasteiger partial charge is 0.341 e. The van der Waals surface area contributed by atoms with Crippen LogP contribution in [0, 0.1) is 5.82 Å². The average Bonchev–Trinajstić information content (AvgIpc) is 2.48. The highest BCUT2D eigenvalue weighted by Crippen LogP contribution is 2.35. The van der Waals surface area contributed by atoms with Crippen LogP contribution in [0.4, 0.5) is 10.1 Å². The molecule has 6 nitrogen and oxygen atoms in total. The van der Waals surface area contributed by atoms with Crippen molar-refractivity contribution in [2.45, 2.75) is 4.90 Å². The number of carbonyl (C=O) groups is 1. The molecule has 0 atom stereocenters. The summed E-state index contributed by atoms with van der Waals surface area (Å²) in [7, 11) is -2.81. The average molecular weight is 404 g/mol. The molecule has 0 aliphatic heterocycles. The molecular weight excluding hydrogens is 393 g/mol. The lowest BCUT2D eigenvalue weighted by Crippen LogP contribution is -2.16. The zero-order valence-corrected chi connectivity index (χ0v) is 14.1. The number of sulfonamides is 1. The summed E-state index contributed by atoms with van der Waals surface area (Å²) < 4.78 is 45.0. The molecule has 0 aromatic heterocycles. The number of carboxylic acids is 1. The summed E-state index contributed by atoms with van der Waals surface area (Å²) in [5, 5.41) is 9.32. The van der Waals surface area contributed by atoms with Crippen molar-refractivity contribution in [1.29, 1.82) is 0 Å². The van der Waals surface area contributed by atoms with Crippen molar-refractivity contribution in [3.63, 3.8) is 0 Å². The minimum Gasteiger partial charge on any atom is -0.495 e. The second kappa shape index (κ2) is 6.55. The van der Waals surface area contributed by atoms with Crippen LogP contribution in [0.5, 0.6) is 5.75 Å². The number of nitrogens with one attached hydrogen (secondary N) is 1. The van der Waals surface area contributed by atoms with Gasteiger partial charge in [-0.1, -0.05) is 0 Å². The molecule has 23 heavy (non-hydrogen) atoms. The third kappa shape index (κ3) is 3.62. The number of hydrogen-bond donors (Lipinski definition) is 2. The Kier molecular flexibility index (Phi) is 4.90. The summed E-state index contributed by atoms with van der Waals surface area (Å²) in [6.07, 6.45) is 0. The van der Waals surface area contributed by atoms with Crippen LogP contribution in [-0.2, 0) is 10.0 Å². The maximum Gasteiger partial charge on any atom is 0.341 e. The molecule has 0 unspecified atom stereocenters. The normalized spacial score (nSPS) is 11.1. The molecule has 0 saturated heterocycles. The van der Waals surface area contributed by atoms with E-state index in [-0.39, 0.29) is 21.9 Å². The van der Waals surface area contributed by atoms with Crippen molar-refractivity contribution in [2.75, 3.05) is 11.8 Å². The van der Waals surface area contributed by atoms with Crippen molar-refractivity contribution in [3.8, 4) is 5.75 Å². The van der Waals surface area contributed by atoms with Crippen LogP contribution >= 0.6 is 15.9 Å². The molecule has 0 amide bonds. The molecule has 0 bridgehead atoms. The van der Waals surface area contributed by atoms with E-state index in [0.29, 0.717) is 4.47 Å². The predicted octanol–water partition coefficient (Wildman–Crippen LogP) is 3.10. The van der Waals surface area contributed by atoms with Gasteiger partial charge in [0.25, 0.3) is 10.0 Å². The lowest BCUT2D eigenvalue weighted by Gasteiger charge is -2.14. The van der Waals surface area contributed by atoms with E-state index in [0.717, 1.165) is 24.3 Å². The molecule has 0 saturated carbocycles. The van der Waals surface area contributed by atoms with E-state index in [9.17, 15) is 22.7 Å². The number of carboxylic acid groups (broad SMARTS) is 1. The standard InChI is InChI=1S/C14H11BrFNO5S/c1-22-13-10(15)6-7-11(12(13)14(18)19)17-23(20,21)9-4-2-8(16)3-5-9/h2-7,17H,1H3,(H,18,19). The Morgan fingerprint density at radius 2 is 1.83 bits per heavy atom. The molecule has 0 spiro atoms. The topological polar surface area (TPSA) is 92.7 Å². The number of hydrogen-bond acceptors (Lipinski definition) is 4. The van der Waals surface area contributed by atoms with Gasteiger partial charge in [0.2, 0.25) is 0 Å². The molecular formula is C14H11BrFNO5S. The van der Waals surface area contributed by atoms with E-state index in [1.54, 1.807) is 0 Å². The second-order valence-electron chi connectivity index (χ2n) is 4.37. The van der Waals surface area contributed by atoms with Gasteiger partial charge in [-0.3, -0.25) is 4.72 Å². The van der Waals surface area contributed by atoms with Crippen LogP contribution in [0.3, 0.4) is 0 Å². The Hall–Kier alpha value is -2.13. The van der Waals surface area contributed by atoms with Gasteiger partial charge in [-0.05, 0) is 52.3 Å². The van der Waals surface area contributed by atoms with E-state index < -0.39 is 21.8 Å². The van der Waals surface area contributed by atoms with Crippen molar-refractivity contribution >= 4 is 37.6 Å². The maximum absolute atomic E-state index is 12.9. The lowest BCUT2D eigenvalue weighted by molar-refractivity contribution is 0.0694. The summed E-state index contributed by atoms with van der Waals surface area (Å²) in [6, 6.07) is 6.89. The van der Waals surface area contributed by atoms with Crippen LogP contribution in [0.15, 0.2) is 45.8 Å². The van der Waals surface area contributed by atoms with E-state index in [4.69, 9.17) is 4.74 Å². The highest BCUT2D eigenvalue weighted by Gasteiger charge is 2.23. The molecule has 2 aromatic rings. The van der Waals surface area contributed by atoms with E-state index >= 15 is 0 Å². The van der Waals surface area contributed by atoms with Crippen LogP contribution in [0.2, 0.25) is 0 Å². The summed E-state index contributed by atoms with van der Waals surface area (Å²) >= 11 is 3.14. The van der Waals surface area contributed by atoms with Gasteiger partial charge in [0, 0.05) is 0 Å². The molecule has 0 heterocycles. The monoisotopic (exact) mass is 403 g/mol. The fraction of sp³-hybridized carbons (Fsp3) is 0.0714. The fourth-order valence-corrected chi connectivity index (χ4v) is 3.44. The molecule has 0 fully saturated rings. The Morgan fingerprint density at radius 1 is 1.22 bits per heavy atom. The molecule has 0 radical (unpaired) electrons. The highest BCUT2D eigenvalue weighted by atomic mass is 79.9. The second-order valence-corrected chi connectivity index (χ2v) is 6.90. The molecule has 9 heteroatoms. The first-order valence-corrected chi connectivity index (χ1v) is 8.42. The van der Waals surface area contributed by atoms with E-state index in [1.807, 2.05) is 0 Å². The molecule has 0 aliphatic rings. The van der Waals surface area contributed by atoms with Gasteiger partial charge in [0.15, 0.2) is 0 Å².